The van der Waals surface area contributed by atoms with Crippen molar-refractivity contribution in [3.05, 3.63) is 88.5 Å². The number of fused-ring (bicyclic) bond motifs is 1. The van der Waals surface area contributed by atoms with Crippen LogP contribution in [-0.4, -0.2) is 73.4 Å². The first-order valence-electron chi connectivity index (χ1n) is 15.2. The van der Waals surface area contributed by atoms with Gasteiger partial charge in [-0.05, 0) is 72.9 Å². The molecule has 2 atom stereocenters. The number of methoxy groups -OCH3 is 1. The minimum absolute atomic E-state index is 0.0479. The zero-order chi connectivity index (χ0) is 32.3. The van der Waals surface area contributed by atoms with Gasteiger partial charge in [-0.3, -0.25) is 14.4 Å². The van der Waals surface area contributed by atoms with Crippen molar-refractivity contribution in [2.45, 2.75) is 51.8 Å². The molecule has 11 nitrogen and oxygen atoms in total. The van der Waals surface area contributed by atoms with Crippen LogP contribution in [0.15, 0.2) is 60.7 Å². The minimum atomic E-state index is -1.00. The Balaban J connectivity index is 1.56. The Labute approximate surface area is 263 Å². The lowest BCUT2D eigenvalue weighted by Crippen LogP contribution is -2.48. The summed E-state index contributed by atoms with van der Waals surface area (Å²) >= 11 is 0. The van der Waals surface area contributed by atoms with Crippen molar-refractivity contribution in [2.24, 2.45) is 5.73 Å². The highest BCUT2D eigenvalue weighted by Crippen LogP contribution is 2.33. The summed E-state index contributed by atoms with van der Waals surface area (Å²) in [5.41, 5.74) is 7.71. The van der Waals surface area contributed by atoms with Gasteiger partial charge in [-0.2, -0.15) is 0 Å². The first kappa shape index (κ1) is 33.3. The van der Waals surface area contributed by atoms with Gasteiger partial charge in [-0.15, -0.1) is 0 Å². The third-order valence-corrected chi connectivity index (χ3v) is 7.49. The second-order valence-electron chi connectivity index (χ2n) is 11.0. The largest absolute Gasteiger partial charge is 0.497 e. The molecule has 5 N–H and O–H groups in total. The van der Waals surface area contributed by atoms with Gasteiger partial charge in [0.05, 0.1) is 19.3 Å². The van der Waals surface area contributed by atoms with Gasteiger partial charge >= 0.3 is 0 Å². The number of amides is 3. The monoisotopic (exact) mass is 618 g/mol. The fraction of sp³-hybridized carbons (Fsp3) is 0.382. The predicted molar refractivity (Wildman–Crippen MR) is 170 cm³/mol. The van der Waals surface area contributed by atoms with E-state index in [9.17, 15) is 19.5 Å². The van der Waals surface area contributed by atoms with E-state index in [0.29, 0.717) is 31.1 Å². The Kier molecular flexibility index (Phi) is 11.8. The third-order valence-electron chi connectivity index (χ3n) is 7.49. The van der Waals surface area contributed by atoms with Crippen LogP contribution in [0.3, 0.4) is 0 Å². The van der Waals surface area contributed by atoms with Crippen molar-refractivity contribution in [2.75, 3.05) is 33.5 Å². The van der Waals surface area contributed by atoms with Crippen molar-refractivity contribution in [1.82, 2.24) is 15.5 Å². The van der Waals surface area contributed by atoms with Crippen molar-refractivity contribution in [1.29, 1.82) is 0 Å². The van der Waals surface area contributed by atoms with Crippen molar-refractivity contribution >= 4 is 17.7 Å². The number of primary amides is 1. The van der Waals surface area contributed by atoms with Crippen LogP contribution >= 0.6 is 0 Å². The summed E-state index contributed by atoms with van der Waals surface area (Å²) in [6.07, 6.45) is 0.793. The van der Waals surface area contributed by atoms with E-state index in [2.05, 4.69) is 10.6 Å². The Morgan fingerprint density at radius 3 is 2.36 bits per heavy atom. The maximum Gasteiger partial charge on any atom is 0.253 e. The summed E-state index contributed by atoms with van der Waals surface area (Å²) in [4.78, 5) is 41.0. The lowest BCUT2D eigenvalue weighted by molar-refractivity contribution is 0.0755. The van der Waals surface area contributed by atoms with Gasteiger partial charge < -0.3 is 40.6 Å². The zero-order valence-electron chi connectivity index (χ0n) is 26.0. The van der Waals surface area contributed by atoms with Gasteiger partial charge in [0.25, 0.3) is 11.8 Å². The summed E-state index contributed by atoms with van der Waals surface area (Å²) in [5.74, 6) is 0.350. The van der Waals surface area contributed by atoms with Crippen LogP contribution in [0, 0.1) is 0 Å². The number of rotatable bonds is 16. The van der Waals surface area contributed by atoms with Crippen LogP contribution in [0.25, 0.3) is 0 Å². The molecule has 0 bridgehead atoms. The number of aliphatic hydroxyl groups is 1. The molecule has 240 valence electrons. The second-order valence-corrected chi connectivity index (χ2v) is 11.0. The molecular formula is C34H42N4O7. The summed E-state index contributed by atoms with van der Waals surface area (Å²) in [7, 11) is 1.60. The number of nitrogens with two attached hydrogens (primary N) is 1. The highest BCUT2D eigenvalue weighted by atomic mass is 16.7. The van der Waals surface area contributed by atoms with Crippen LogP contribution in [0.4, 0.5) is 0 Å². The highest BCUT2D eigenvalue weighted by Gasteiger charge is 2.25. The van der Waals surface area contributed by atoms with E-state index in [1.54, 1.807) is 18.1 Å². The third kappa shape index (κ3) is 8.96. The molecule has 0 radical (unpaired) electrons. The van der Waals surface area contributed by atoms with E-state index < -0.39 is 24.0 Å². The molecule has 3 aromatic rings. The quantitative estimate of drug-likeness (QED) is 0.191. The number of aliphatic hydroxyl groups excluding tert-OH is 1. The molecular weight excluding hydrogens is 576 g/mol. The number of carbonyl (C=O) groups is 3. The number of benzene rings is 3. The molecule has 0 saturated heterocycles. The Bertz CT molecular complexity index is 1490. The highest BCUT2D eigenvalue weighted by molar-refractivity contribution is 6.04. The summed E-state index contributed by atoms with van der Waals surface area (Å²) < 4.78 is 16.2. The Morgan fingerprint density at radius 2 is 1.64 bits per heavy atom. The zero-order valence-corrected chi connectivity index (χ0v) is 26.0. The lowest BCUT2D eigenvalue weighted by atomic mass is 9.99. The van der Waals surface area contributed by atoms with E-state index >= 15 is 0 Å². The SMILES string of the molecule is CCCN(CCC)C(=O)c1cc(C(N)=O)cc(C(=O)N[C@@H](Cc2ccc3c(c2)OCO3)[C@H](O)CNCc2cccc(OC)c2)c1. The molecule has 0 unspecified atom stereocenters. The molecule has 11 heteroatoms. The van der Waals surface area contributed by atoms with Crippen LogP contribution in [0.5, 0.6) is 17.2 Å². The van der Waals surface area contributed by atoms with Crippen molar-refractivity contribution < 1.29 is 33.7 Å². The number of nitrogens with zero attached hydrogens (tertiary/aromatic N) is 1. The smallest absolute Gasteiger partial charge is 0.253 e. The molecule has 0 fully saturated rings. The summed E-state index contributed by atoms with van der Waals surface area (Å²) in [5, 5.41) is 17.5. The molecule has 3 aromatic carbocycles. The summed E-state index contributed by atoms with van der Waals surface area (Å²) in [6.45, 7) is 5.81. The van der Waals surface area contributed by atoms with Crippen molar-refractivity contribution in [3.8, 4) is 17.2 Å². The van der Waals surface area contributed by atoms with Crippen LogP contribution < -0.4 is 30.6 Å². The normalized spacial score (nSPS) is 13.2. The van der Waals surface area contributed by atoms with Gasteiger partial charge in [0.2, 0.25) is 12.7 Å². The maximum absolute atomic E-state index is 13.7. The molecule has 45 heavy (non-hydrogen) atoms. The van der Waals surface area contributed by atoms with Gasteiger partial charge in [0.1, 0.15) is 5.75 Å². The summed E-state index contributed by atoms with van der Waals surface area (Å²) in [6, 6.07) is 16.5. The molecule has 4 rings (SSSR count). The second kappa shape index (κ2) is 15.9. The lowest BCUT2D eigenvalue weighted by Gasteiger charge is -2.25. The number of ether oxygens (including phenoxy) is 3. The van der Waals surface area contributed by atoms with Gasteiger partial charge in [-0.25, -0.2) is 0 Å². The van der Waals surface area contributed by atoms with Crippen LogP contribution in [0.1, 0.15) is 68.9 Å². The molecule has 0 spiro atoms. The maximum atomic E-state index is 13.7. The van der Waals surface area contributed by atoms with Gasteiger partial charge in [-0.1, -0.05) is 32.0 Å². The van der Waals surface area contributed by atoms with E-state index in [0.717, 1.165) is 29.7 Å². The van der Waals surface area contributed by atoms with Crippen LogP contribution in [-0.2, 0) is 13.0 Å². The van der Waals surface area contributed by atoms with Gasteiger partial charge in [0, 0.05) is 42.9 Å². The molecule has 1 heterocycles. The fourth-order valence-corrected chi connectivity index (χ4v) is 5.21. The molecule has 0 aliphatic carbocycles. The van der Waals surface area contributed by atoms with E-state index in [1.807, 2.05) is 50.2 Å². The molecule has 0 aromatic heterocycles. The fourth-order valence-electron chi connectivity index (χ4n) is 5.21. The number of hydrogen-bond donors (Lipinski definition) is 4. The Hall–Kier alpha value is -4.61. The minimum Gasteiger partial charge on any atom is -0.497 e. The predicted octanol–water partition coefficient (Wildman–Crippen LogP) is 3.28. The topological polar surface area (TPSA) is 152 Å². The van der Waals surface area contributed by atoms with E-state index in [4.69, 9.17) is 19.9 Å². The first-order valence-corrected chi connectivity index (χ1v) is 15.2. The van der Waals surface area contributed by atoms with Crippen LogP contribution in [0.2, 0.25) is 0 Å². The van der Waals surface area contributed by atoms with Gasteiger partial charge in [0.15, 0.2) is 11.5 Å². The van der Waals surface area contributed by atoms with E-state index in [-0.39, 0.29) is 42.4 Å². The average molecular weight is 619 g/mol. The molecule has 1 aliphatic heterocycles. The average Bonchev–Trinajstić information content (AvgIpc) is 3.52. The molecule has 0 saturated carbocycles. The van der Waals surface area contributed by atoms with Crippen molar-refractivity contribution in [3.63, 3.8) is 0 Å². The standard InChI is InChI=1S/C34H42N4O7/c1-4-11-38(12-5-2)34(42)26-17-24(32(35)40)16-25(18-26)33(41)37-28(14-22-9-10-30-31(15-22)45-21-44-30)29(39)20-36-19-23-7-6-8-27(13-23)43-3/h6-10,13,15-18,28-29,36,39H,4-5,11-12,14,19-21H2,1-3H3,(H2,35,40)(H,37,41)/t28-,29+/m0/s1. The number of carbonyl (C=O) groups excluding carboxylic acids is 3. The number of hydrogen-bond acceptors (Lipinski definition) is 8. The Morgan fingerprint density at radius 1 is 0.933 bits per heavy atom. The van der Waals surface area contributed by atoms with E-state index in [1.165, 1.54) is 18.2 Å². The molecule has 1 aliphatic rings. The number of nitrogens with one attached hydrogen (secondary N) is 2. The first-order chi connectivity index (χ1) is 21.7. The molecule has 3 amide bonds.